The number of nitrogens with two attached hydrogens (primary N) is 1. The molecule has 1 aliphatic heterocycles. The molecular formula is C12H14N6O2. The molecule has 8 heteroatoms. The van der Waals surface area contributed by atoms with Crippen molar-refractivity contribution in [1.82, 2.24) is 14.6 Å². The van der Waals surface area contributed by atoms with E-state index in [0.717, 1.165) is 37.2 Å². The van der Waals surface area contributed by atoms with E-state index in [0.29, 0.717) is 11.9 Å². The first-order chi connectivity index (χ1) is 9.66. The summed E-state index contributed by atoms with van der Waals surface area (Å²) in [6.45, 7) is 0.888. The fourth-order valence-electron chi connectivity index (χ4n) is 3.07. The molecule has 0 unspecified atom stereocenters. The van der Waals surface area contributed by atoms with E-state index in [9.17, 15) is 10.1 Å². The highest BCUT2D eigenvalue weighted by molar-refractivity contribution is 5.72. The predicted molar refractivity (Wildman–Crippen MR) is 72.7 cm³/mol. The van der Waals surface area contributed by atoms with E-state index in [1.165, 1.54) is 12.6 Å². The minimum atomic E-state index is -0.468. The third kappa shape index (κ3) is 1.36. The molecule has 0 atom stereocenters. The molecule has 2 aliphatic rings. The molecule has 0 radical (unpaired) electrons. The number of nitro groups is 1. The zero-order valence-corrected chi connectivity index (χ0v) is 10.8. The number of hydrogen-bond acceptors (Lipinski definition) is 6. The van der Waals surface area contributed by atoms with Crippen LogP contribution in [0.5, 0.6) is 0 Å². The molecule has 0 amide bonds. The lowest BCUT2D eigenvalue weighted by molar-refractivity contribution is -0.383. The molecule has 0 spiro atoms. The molecule has 2 N–H and O–H groups in total. The highest BCUT2D eigenvalue weighted by Gasteiger charge is 2.35. The summed E-state index contributed by atoms with van der Waals surface area (Å²) in [4.78, 5) is 17.0. The molecule has 1 aliphatic carbocycles. The third-order valence-electron chi connectivity index (χ3n) is 4.32. The van der Waals surface area contributed by atoms with Crippen LogP contribution in [0.25, 0.3) is 5.65 Å². The van der Waals surface area contributed by atoms with Crippen LogP contribution in [-0.2, 0) is 6.42 Å². The number of aromatic nitrogens is 3. The number of rotatable bonds is 2. The highest BCUT2D eigenvalue weighted by atomic mass is 16.6. The number of anilines is 2. The highest BCUT2D eigenvalue weighted by Crippen LogP contribution is 2.39. The van der Waals surface area contributed by atoms with E-state index in [1.54, 1.807) is 4.52 Å². The standard InChI is InChI=1S/C12H14N6O2/c13-10-8-4-5-16(7-2-1-3-7)12(8)17-11(15-10)9(6-14-17)18(19)20/h6-7H,1-5H2,(H2,13,15). The van der Waals surface area contributed by atoms with E-state index in [-0.39, 0.29) is 11.3 Å². The quantitative estimate of drug-likeness (QED) is 0.650. The number of nitrogen functional groups attached to an aromatic ring is 1. The largest absolute Gasteiger partial charge is 0.383 e. The normalized spacial score (nSPS) is 18.3. The van der Waals surface area contributed by atoms with Gasteiger partial charge < -0.3 is 10.6 Å². The fourth-order valence-corrected chi connectivity index (χ4v) is 3.07. The zero-order chi connectivity index (χ0) is 13.9. The Hall–Kier alpha value is -2.38. The summed E-state index contributed by atoms with van der Waals surface area (Å²) >= 11 is 0. The van der Waals surface area contributed by atoms with Crippen LogP contribution in [0.15, 0.2) is 6.20 Å². The lowest BCUT2D eigenvalue weighted by Gasteiger charge is -2.36. The van der Waals surface area contributed by atoms with Crippen LogP contribution in [0.3, 0.4) is 0 Å². The molecule has 0 bridgehead atoms. The average molecular weight is 274 g/mol. The Balaban J connectivity index is 1.96. The van der Waals surface area contributed by atoms with Crippen molar-refractivity contribution in [2.75, 3.05) is 17.2 Å². The van der Waals surface area contributed by atoms with Gasteiger partial charge in [0.25, 0.3) is 0 Å². The minimum Gasteiger partial charge on any atom is -0.383 e. The van der Waals surface area contributed by atoms with E-state index < -0.39 is 4.92 Å². The molecule has 0 saturated heterocycles. The van der Waals surface area contributed by atoms with Crippen LogP contribution < -0.4 is 10.6 Å². The summed E-state index contributed by atoms with van der Waals surface area (Å²) in [5.74, 6) is 1.28. The average Bonchev–Trinajstić information content (AvgIpc) is 2.91. The summed E-state index contributed by atoms with van der Waals surface area (Å²) in [6.07, 6.45) is 5.63. The van der Waals surface area contributed by atoms with Crippen LogP contribution >= 0.6 is 0 Å². The predicted octanol–water partition coefficient (Wildman–Crippen LogP) is 1.13. The van der Waals surface area contributed by atoms with Crippen LogP contribution in [0.2, 0.25) is 0 Å². The summed E-state index contributed by atoms with van der Waals surface area (Å²) < 4.78 is 1.58. The molecule has 8 nitrogen and oxygen atoms in total. The van der Waals surface area contributed by atoms with E-state index in [1.807, 2.05) is 0 Å². The van der Waals surface area contributed by atoms with E-state index >= 15 is 0 Å². The van der Waals surface area contributed by atoms with Gasteiger partial charge >= 0.3 is 5.69 Å². The minimum absolute atomic E-state index is 0.0973. The van der Waals surface area contributed by atoms with Crippen molar-refractivity contribution in [2.24, 2.45) is 0 Å². The fraction of sp³-hybridized carbons (Fsp3) is 0.500. The molecule has 1 saturated carbocycles. The Morgan fingerprint density at radius 2 is 2.25 bits per heavy atom. The maximum absolute atomic E-state index is 11.0. The SMILES string of the molecule is Nc1nc2c([N+](=O)[O-])cnn2c2c1CCN2C1CCC1. The molecule has 0 aromatic carbocycles. The third-order valence-corrected chi connectivity index (χ3v) is 4.32. The number of fused-ring (bicyclic) bond motifs is 3. The van der Waals surface area contributed by atoms with Gasteiger partial charge in [0.1, 0.15) is 17.8 Å². The van der Waals surface area contributed by atoms with Gasteiger partial charge in [0.05, 0.1) is 4.92 Å². The molecular weight excluding hydrogens is 260 g/mol. The molecule has 104 valence electrons. The summed E-state index contributed by atoms with van der Waals surface area (Å²) in [5, 5.41) is 15.2. The first kappa shape index (κ1) is 11.4. The summed E-state index contributed by atoms with van der Waals surface area (Å²) in [7, 11) is 0. The number of nitrogens with zero attached hydrogens (tertiary/aromatic N) is 5. The van der Waals surface area contributed by atoms with Gasteiger partial charge in [-0.25, -0.2) is 4.98 Å². The van der Waals surface area contributed by atoms with Crippen molar-refractivity contribution in [3.8, 4) is 0 Å². The smallest absolute Gasteiger partial charge is 0.333 e. The van der Waals surface area contributed by atoms with Gasteiger partial charge in [0.15, 0.2) is 0 Å². The first-order valence-electron chi connectivity index (χ1n) is 6.74. The second-order valence-corrected chi connectivity index (χ2v) is 5.35. The van der Waals surface area contributed by atoms with Crippen molar-refractivity contribution in [3.63, 3.8) is 0 Å². The Morgan fingerprint density at radius 1 is 1.45 bits per heavy atom. The van der Waals surface area contributed by atoms with Crippen LogP contribution in [0, 0.1) is 10.1 Å². The van der Waals surface area contributed by atoms with E-state index in [4.69, 9.17) is 5.73 Å². The van der Waals surface area contributed by atoms with Crippen molar-refractivity contribution < 1.29 is 4.92 Å². The van der Waals surface area contributed by atoms with Crippen molar-refractivity contribution in [1.29, 1.82) is 0 Å². The monoisotopic (exact) mass is 274 g/mol. The summed E-state index contributed by atoms with van der Waals surface area (Å²) in [5.41, 5.74) is 7.08. The van der Waals surface area contributed by atoms with Gasteiger partial charge in [0, 0.05) is 18.2 Å². The number of hydrogen-bond donors (Lipinski definition) is 1. The molecule has 1 fully saturated rings. The second-order valence-electron chi connectivity index (χ2n) is 5.35. The maximum Gasteiger partial charge on any atom is 0.333 e. The van der Waals surface area contributed by atoms with Crippen LogP contribution in [-0.4, -0.2) is 32.1 Å². The van der Waals surface area contributed by atoms with Gasteiger partial charge in [-0.05, 0) is 25.7 Å². The molecule has 2 aromatic heterocycles. The van der Waals surface area contributed by atoms with E-state index in [2.05, 4.69) is 15.0 Å². The van der Waals surface area contributed by atoms with Crippen molar-refractivity contribution in [3.05, 3.63) is 21.9 Å². The lowest BCUT2D eigenvalue weighted by Crippen LogP contribution is -2.39. The molecule has 4 rings (SSSR count). The van der Waals surface area contributed by atoms with Gasteiger partial charge in [-0.2, -0.15) is 9.61 Å². The molecule has 3 heterocycles. The van der Waals surface area contributed by atoms with Gasteiger partial charge in [-0.3, -0.25) is 10.1 Å². The Kier molecular flexibility index (Phi) is 2.18. The van der Waals surface area contributed by atoms with Crippen molar-refractivity contribution >= 4 is 23.0 Å². The van der Waals surface area contributed by atoms with Crippen LogP contribution in [0.1, 0.15) is 24.8 Å². The first-order valence-corrected chi connectivity index (χ1v) is 6.74. The Bertz CT molecular complexity index is 720. The summed E-state index contributed by atoms with van der Waals surface area (Å²) in [6, 6.07) is 0.504. The molecule has 20 heavy (non-hydrogen) atoms. The van der Waals surface area contributed by atoms with Gasteiger partial charge in [0.2, 0.25) is 5.65 Å². The Morgan fingerprint density at radius 3 is 2.90 bits per heavy atom. The van der Waals surface area contributed by atoms with Crippen molar-refractivity contribution in [2.45, 2.75) is 31.7 Å². The topological polar surface area (TPSA) is 103 Å². The molecule has 2 aromatic rings. The second kappa shape index (κ2) is 3.81. The Labute approximate surface area is 114 Å². The lowest BCUT2D eigenvalue weighted by atomic mass is 9.92. The zero-order valence-electron chi connectivity index (χ0n) is 10.8. The van der Waals surface area contributed by atoms with Crippen LogP contribution in [0.4, 0.5) is 17.3 Å². The van der Waals surface area contributed by atoms with Gasteiger partial charge in [-0.1, -0.05) is 0 Å². The maximum atomic E-state index is 11.0. The van der Waals surface area contributed by atoms with Gasteiger partial charge in [-0.15, -0.1) is 0 Å².